The molecule has 2 fully saturated rings. The Balaban J connectivity index is 1.49. The smallest absolute Gasteiger partial charge is 0.308 e. The van der Waals surface area contributed by atoms with E-state index in [4.69, 9.17) is 0 Å². The maximum Gasteiger partial charge on any atom is 0.446 e. The van der Waals surface area contributed by atoms with Crippen molar-refractivity contribution in [2.45, 2.75) is 67.9 Å². The van der Waals surface area contributed by atoms with Crippen LogP contribution in [-0.4, -0.2) is 33.4 Å². The summed E-state index contributed by atoms with van der Waals surface area (Å²) < 4.78 is 37.7. The molecule has 0 radical (unpaired) electrons. The molecule has 170 valence electrons. The molecule has 1 aliphatic heterocycles. The maximum absolute atomic E-state index is 13.1. The van der Waals surface area contributed by atoms with Gasteiger partial charge in [-0.3, -0.25) is 9.78 Å². The lowest BCUT2D eigenvalue weighted by Gasteiger charge is -2.23. The third kappa shape index (κ3) is 4.92. The van der Waals surface area contributed by atoms with Crippen LogP contribution in [0.1, 0.15) is 56.2 Å². The van der Waals surface area contributed by atoms with Crippen LogP contribution in [0.25, 0.3) is 0 Å². The topological polar surface area (TPSA) is 53.5 Å². The molecule has 2 aliphatic rings. The molecule has 1 aromatic heterocycles. The van der Waals surface area contributed by atoms with Crippen LogP contribution in [0.2, 0.25) is 0 Å². The Morgan fingerprint density at radius 2 is 1.75 bits per heavy atom. The number of carbonyl (C=O) groups excluding carboxylic acids is 2. The van der Waals surface area contributed by atoms with Gasteiger partial charge in [0, 0.05) is 29.2 Å². The standard InChI is InChI=1S/C23H24F3N3O2S/c1-15-21(30)29(18-7-9-19(10-8-18)32-23(24,25)26)22(31)28(15)14-16-11-12-27-20(13-16)17-5-3-2-4-6-17/h7-13,15,17H,2-6,14H2,1H3. The van der Waals surface area contributed by atoms with E-state index in [9.17, 15) is 22.8 Å². The number of alkyl halides is 3. The first kappa shape index (κ1) is 22.6. The Hall–Kier alpha value is -2.55. The molecule has 2 aromatic rings. The van der Waals surface area contributed by atoms with Gasteiger partial charge >= 0.3 is 11.5 Å². The Bertz CT molecular complexity index is 991. The van der Waals surface area contributed by atoms with Crippen molar-refractivity contribution < 1.29 is 22.8 Å². The highest BCUT2D eigenvalue weighted by Gasteiger charge is 2.43. The summed E-state index contributed by atoms with van der Waals surface area (Å²) >= 11 is -0.235. The van der Waals surface area contributed by atoms with Crippen LogP contribution in [0.3, 0.4) is 0 Å². The number of hydrogen-bond acceptors (Lipinski definition) is 4. The summed E-state index contributed by atoms with van der Waals surface area (Å²) in [5, 5.41) is 0. The fourth-order valence-corrected chi connectivity index (χ4v) is 4.90. The average molecular weight is 464 g/mol. The van der Waals surface area contributed by atoms with Gasteiger partial charge in [-0.1, -0.05) is 19.3 Å². The van der Waals surface area contributed by atoms with Crippen LogP contribution >= 0.6 is 11.8 Å². The van der Waals surface area contributed by atoms with Gasteiger partial charge < -0.3 is 4.90 Å². The number of amides is 3. The molecule has 1 atom stereocenters. The van der Waals surface area contributed by atoms with Gasteiger partial charge in [0.2, 0.25) is 0 Å². The lowest BCUT2D eigenvalue weighted by atomic mass is 9.86. The van der Waals surface area contributed by atoms with Crippen molar-refractivity contribution in [1.29, 1.82) is 0 Å². The fourth-order valence-electron chi connectivity index (χ4n) is 4.36. The molecular weight excluding hydrogens is 439 g/mol. The molecule has 5 nitrogen and oxygen atoms in total. The third-order valence-electron chi connectivity index (χ3n) is 6.03. The van der Waals surface area contributed by atoms with Crippen LogP contribution in [0.15, 0.2) is 47.5 Å². The Morgan fingerprint density at radius 3 is 2.41 bits per heavy atom. The van der Waals surface area contributed by atoms with Gasteiger partial charge in [-0.25, -0.2) is 9.69 Å². The highest BCUT2D eigenvalue weighted by molar-refractivity contribution is 8.00. The van der Waals surface area contributed by atoms with Gasteiger partial charge in [0.15, 0.2) is 0 Å². The number of thioether (sulfide) groups is 1. The summed E-state index contributed by atoms with van der Waals surface area (Å²) in [5.41, 5.74) is -2.19. The summed E-state index contributed by atoms with van der Waals surface area (Å²) in [4.78, 5) is 32.9. The minimum Gasteiger partial charge on any atom is -0.308 e. The summed E-state index contributed by atoms with van der Waals surface area (Å²) in [7, 11) is 0. The number of rotatable bonds is 5. The molecule has 9 heteroatoms. The second kappa shape index (κ2) is 9.13. The van der Waals surface area contributed by atoms with E-state index in [0.29, 0.717) is 5.92 Å². The number of hydrogen-bond donors (Lipinski definition) is 0. The van der Waals surface area contributed by atoms with Gasteiger partial charge in [0.25, 0.3) is 5.91 Å². The second-order valence-electron chi connectivity index (χ2n) is 8.23. The van der Waals surface area contributed by atoms with Gasteiger partial charge in [-0.05, 0) is 73.5 Å². The number of anilines is 1. The number of halogens is 3. The Morgan fingerprint density at radius 1 is 1.06 bits per heavy atom. The lowest BCUT2D eigenvalue weighted by Crippen LogP contribution is -2.33. The van der Waals surface area contributed by atoms with Crippen molar-refractivity contribution in [3.63, 3.8) is 0 Å². The SMILES string of the molecule is CC1C(=O)N(c2ccc(SC(F)(F)F)cc2)C(=O)N1Cc1ccnc(C2CCCCC2)c1. The van der Waals surface area contributed by atoms with Crippen LogP contribution in [0.5, 0.6) is 0 Å². The molecule has 32 heavy (non-hydrogen) atoms. The quantitative estimate of drug-likeness (QED) is 0.397. The molecule has 1 saturated carbocycles. The number of nitrogens with zero attached hydrogens (tertiary/aromatic N) is 3. The van der Waals surface area contributed by atoms with E-state index in [-0.39, 0.29) is 28.9 Å². The molecule has 3 amide bonds. The molecule has 0 bridgehead atoms. The molecule has 1 unspecified atom stereocenters. The zero-order valence-electron chi connectivity index (χ0n) is 17.6. The Kier molecular flexibility index (Phi) is 6.46. The highest BCUT2D eigenvalue weighted by Crippen LogP contribution is 2.38. The first-order chi connectivity index (χ1) is 15.2. The zero-order valence-corrected chi connectivity index (χ0v) is 18.5. The number of imide groups is 1. The van der Waals surface area contributed by atoms with Crippen LogP contribution in [-0.2, 0) is 11.3 Å². The number of aromatic nitrogens is 1. The van der Waals surface area contributed by atoms with Crippen molar-refractivity contribution in [2.75, 3.05) is 4.90 Å². The average Bonchev–Trinajstić information content (AvgIpc) is 2.97. The minimum atomic E-state index is -4.40. The van der Waals surface area contributed by atoms with E-state index in [0.717, 1.165) is 29.0 Å². The maximum atomic E-state index is 13.1. The van der Waals surface area contributed by atoms with Gasteiger partial charge in [0.05, 0.1) is 5.69 Å². The lowest BCUT2D eigenvalue weighted by molar-refractivity contribution is -0.119. The number of carbonyl (C=O) groups is 2. The first-order valence-electron chi connectivity index (χ1n) is 10.7. The Labute approximate surface area is 189 Å². The molecule has 1 saturated heterocycles. The zero-order chi connectivity index (χ0) is 22.9. The number of urea groups is 1. The molecule has 1 aliphatic carbocycles. The summed E-state index contributed by atoms with van der Waals surface area (Å²) in [6.07, 6.45) is 7.63. The monoisotopic (exact) mass is 463 g/mol. The van der Waals surface area contributed by atoms with Crippen molar-refractivity contribution in [1.82, 2.24) is 9.88 Å². The van der Waals surface area contributed by atoms with E-state index >= 15 is 0 Å². The van der Waals surface area contributed by atoms with E-state index in [1.54, 1.807) is 13.1 Å². The predicted octanol–water partition coefficient (Wildman–Crippen LogP) is 6.10. The van der Waals surface area contributed by atoms with Gasteiger partial charge in [-0.2, -0.15) is 13.2 Å². The fraction of sp³-hybridized carbons (Fsp3) is 0.435. The number of pyridine rings is 1. The summed E-state index contributed by atoms with van der Waals surface area (Å²) in [5.74, 6) is 0.0365. The van der Waals surface area contributed by atoms with E-state index in [1.807, 2.05) is 12.1 Å². The molecular formula is C23H24F3N3O2S. The largest absolute Gasteiger partial charge is 0.446 e. The van der Waals surface area contributed by atoms with E-state index in [1.165, 1.54) is 48.4 Å². The first-order valence-corrected chi connectivity index (χ1v) is 11.5. The molecule has 0 spiro atoms. The normalized spacial score (nSPS) is 20.3. The van der Waals surface area contributed by atoms with Crippen LogP contribution in [0.4, 0.5) is 23.7 Å². The molecule has 0 N–H and O–H groups in total. The molecule has 1 aromatic carbocycles. The van der Waals surface area contributed by atoms with Crippen molar-refractivity contribution in [3.8, 4) is 0 Å². The van der Waals surface area contributed by atoms with Gasteiger partial charge in [-0.15, -0.1) is 0 Å². The summed E-state index contributed by atoms with van der Waals surface area (Å²) in [6.45, 7) is 1.93. The third-order valence-corrected chi connectivity index (χ3v) is 6.77. The highest BCUT2D eigenvalue weighted by atomic mass is 32.2. The van der Waals surface area contributed by atoms with E-state index in [2.05, 4.69) is 4.98 Å². The predicted molar refractivity (Wildman–Crippen MR) is 116 cm³/mol. The second-order valence-corrected chi connectivity index (χ2v) is 9.36. The van der Waals surface area contributed by atoms with Gasteiger partial charge in [0.1, 0.15) is 6.04 Å². The summed E-state index contributed by atoms with van der Waals surface area (Å²) in [6, 6.07) is 7.99. The van der Waals surface area contributed by atoms with E-state index < -0.39 is 23.5 Å². The van der Waals surface area contributed by atoms with Crippen LogP contribution in [0, 0.1) is 0 Å². The number of benzene rings is 1. The minimum absolute atomic E-state index is 0.00252. The molecule has 2 heterocycles. The molecule has 4 rings (SSSR count). The van der Waals surface area contributed by atoms with Crippen molar-refractivity contribution in [3.05, 3.63) is 53.9 Å². The van der Waals surface area contributed by atoms with Crippen molar-refractivity contribution >= 4 is 29.4 Å². The van der Waals surface area contributed by atoms with Crippen LogP contribution < -0.4 is 4.90 Å². The van der Waals surface area contributed by atoms with Crippen molar-refractivity contribution in [2.24, 2.45) is 0 Å².